The molecule has 1 aromatic carbocycles. The molecule has 3 nitrogen and oxygen atoms in total. The van der Waals surface area contributed by atoms with Crippen molar-refractivity contribution in [3.8, 4) is 11.5 Å². The lowest BCUT2D eigenvalue weighted by Crippen LogP contribution is -2.49. The minimum atomic E-state index is 0.220. The summed E-state index contributed by atoms with van der Waals surface area (Å²) >= 11 is 0. The van der Waals surface area contributed by atoms with Gasteiger partial charge in [-0.05, 0) is 56.5 Å². The van der Waals surface area contributed by atoms with E-state index in [-0.39, 0.29) is 5.54 Å². The van der Waals surface area contributed by atoms with Gasteiger partial charge in [0.25, 0.3) is 0 Å². The van der Waals surface area contributed by atoms with Gasteiger partial charge in [-0.3, -0.25) is 4.90 Å². The van der Waals surface area contributed by atoms with E-state index in [2.05, 4.69) is 23.1 Å². The Bertz CT molecular complexity index is 488. The summed E-state index contributed by atoms with van der Waals surface area (Å²) in [4.78, 5) is 2.76. The molecule has 0 unspecified atom stereocenters. The largest absolute Gasteiger partial charge is 0.493 e. The Hall–Kier alpha value is -1.22. The third-order valence-electron chi connectivity index (χ3n) is 5.56. The van der Waals surface area contributed by atoms with Crippen LogP contribution in [-0.4, -0.2) is 32.2 Å². The topological polar surface area (TPSA) is 21.7 Å². The number of piperidine rings is 1. The predicted molar refractivity (Wildman–Crippen MR) is 89.7 cm³/mol. The van der Waals surface area contributed by atoms with E-state index in [0.717, 1.165) is 11.5 Å². The molecule has 0 bridgehead atoms. The van der Waals surface area contributed by atoms with Crippen molar-refractivity contribution in [2.45, 2.75) is 56.9 Å². The summed E-state index contributed by atoms with van der Waals surface area (Å²) in [5.74, 6) is 1.69. The predicted octanol–water partition coefficient (Wildman–Crippen LogP) is 4.35. The fourth-order valence-corrected chi connectivity index (χ4v) is 4.37. The Morgan fingerprint density at radius 2 is 1.45 bits per heavy atom. The molecule has 22 heavy (non-hydrogen) atoms. The summed E-state index contributed by atoms with van der Waals surface area (Å²) < 4.78 is 11.0. The SMILES string of the molecule is COc1ccc(C2(N3CCCCC3)CCCCC2)cc1OC. The van der Waals surface area contributed by atoms with Crippen molar-refractivity contribution in [3.63, 3.8) is 0 Å². The number of hydrogen-bond donors (Lipinski definition) is 0. The number of hydrogen-bond acceptors (Lipinski definition) is 3. The summed E-state index contributed by atoms with van der Waals surface area (Å²) in [5, 5.41) is 0. The highest BCUT2D eigenvalue weighted by Crippen LogP contribution is 2.45. The van der Waals surface area contributed by atoms with Gasteiger partial charge in [0.05, 0.1) is 14.2 Å². The van der Waals surface area contributed by atoms with Gasteiger partial charge >= 0.3 is 0 Å². The van der Waals surface area contributed by atoms with Crippen molar-refractivity contribution in [2.75, 3.05) is 27.3 Å². The molecule has 0 N–H and O–H groups in total. The standard InChI is InChI=1S/C19H29NO2/c1-21-17-10-9-16(15-18(17)22-2)19(11-5-3-6-12-19)20-13-7-4-8-14-20/h9-10,15H,3-8,11-14H2,1-2H3. The van der Waals surface area contributed by atoms with Crippen LogP contribution < -0.4 is 9.47 Å². The van der Waals surface area contributed by atoms with E-state index >= 15 is 0 Å². The molecule has 3 heteroatoms. The maximum absolute atomic E-state index is 5.56. The van der Waals surface area contributed by atoms with Crippen LogP contribution in [0.25, 0.3) is 0 Å². The van der Waals surface area contributed by atoms with Crippen molar-refractivity contribution in [2.24, 2.45) is 0 Å². The summed E-state index contributed by atoms with van der Waals surface area (Å²) in [5.41, 5.74) is 1.64. The lowest BCUT2D eigenvalue weighted by atomic mass is 9.74. The van der Waals surface area contributed by atoms with E-state index in [4.69, 9.17) is 9.47 Å². The molecule has 3 rings (SSSR count). The molecule has 1 heterocycles. The van der Waals surface area contributed by atoms with E-state index in [0.29, 0.717) is 0 Å². The Labute approximate surface area is 134 Å². The summed E-state index contributed by atoms with van der Waals surface area (Å²) in [6.07, 6.45) is 10.7. The van der Waals surface area contributed by atoms with Crippen LogP contribution in [0.1, 0.15) is 56.9 Å². The molecule has 1 aliphatic carbocycles. The smallest absolute Gasteiger partial charge is 0.161 e. The highest BCUT2D eigenvalue weighted by Gasteiger charge is 2.40. The molecule has 2 aliphatic rings. The molecule has 0 radical (unpaired) electrons. The van der Waals surface area contributed by atoms with E-state index in [9.17, 15) is 0 Å². The average Bonchev–Trinajstić information content (AvgIpc) is 2.62. The van der Waals surface area contributed by atoms with E-state index in [1.165, 1.54) is 70.0 Å². The zero-order valence-corrected chi connectivity index (χ0v) is 14.1. The number of nitrogens with zero attached hydrogens (tertiary/aromatic N) is 1. The first-order valence-corrected chi connectivity index (χ1v) is 8.78. The highest BCUT2D eigenvalue weighted by molar-refractivity contribution is 5.45. The number of benzene rings is 1. The zero-order valence-electron chi connectivity index (χ0n) is 14.1. The number of rotatable bonds is 4. The van der Waals surface area contributed by atoms with Crippen LogP contribution in [-0.2, 0) is 5.54 Å². The fraction of sp³-hybridized carbons (Fsp3) is 0.684. The highest BCUT2D eigenvalue weighted by atomic mass is 16.5. The maximum atomic E-state index is 5.56. The Morgan fingerprint density at radius 1 is 0.818 bits per heavy atom. The molecule has 0 aromatic heterocycles. The molecule has 1 saturated heterocycles. The summed E-state index contributed by atoms with van der Waals surface area (Å²) in [7, 11) is 3.44. The van der Waals surface area contributed by atoms with Gasteiger partial charge in [0.1, 0.15) is 0 Å². The van der Waals surface area contributed by atoms with E-state index in [1.807, 2.05) is 0 Å². The van der Waals surface area contributed by atoms with Gasteiger partial charge in [0, 0.05) is 5.54 Å². The van der Waals surface area contributed by atoms with Crippen molar-refractivity contribution >= 4 is 0 Å². The van der Waals surface area contributed by atoms with Gasteiger partial charge in [-0.15, -0.1) is 0 Å². The van der Waals surface area contributed by atoms with Crippen molar-refractivity contribution < 1.29 is 9.47 Å². The van der Waals surface area contributed by atoms with E-state index < -0.39 is 0 Å². The molecule has 0 spiro atoms. The number of ether oxygens (including phenoxy) is 2. The minimum Gasteiger partial charge on any atom is -0.493 e. The van der Waals surface area contributed by atoms with E-state index in [1.54, 1.807) is 14.2 Å². The van der Waals surface area contributed by atoms with Gasteiger partial charge in [0.15, 0.2) is 11.5 Å². The second-order valence-corrected chi connectivity index (χ2v) is 6.71. The Kier molecular flexibility index (Phi) is 4.92. The summed E-state index contributed by atoms with van der Waals surface area (Å²) in [6, 6.07) is 6.56. The van der Waals surface area contributed by atoms with Crippen LogP contribution >= 0.6 is 0 Å². The summed E-state index contributed by atoms with van der Waals surface area (Å²) in [6.45, 7) is 2.49. The molecule has 1 aliphatic heterocycles. The molecule has 1 saturated carbocycles. The van der Waals surface area contributed by atoms with Gasteiger partial charge in [-0.1, -0.05) is 31.7 Å². The molecule has 0 atom stereocenters. The number of likely N-dealkylation sites (tertiary alicyclic amines) is 1. The monoisotopic (exact) mass is 303 g/mol. The fourth-order valence-electron chi connectivity index (χ4n) is 4.37. The van der Waals surface area contributed by atoms with Gasteiger partial charge in [-0.25, -0.2) is 0 Å². The minimum absolute atomic E-state index is 0.220. The van der Waals surface area contributed by atoms with Crippen LogP contribution in [0.4, 0.5) is 0 Å². The molecule has 2 fully saturated rings. The average molecular weight is 303 g/mol. The van der Waals surface area contributed by atoms with Gasteiger partial charge in [0.2, 0.25) is 0 Å². The third-order valence-corrected chi connectivity index (χ3v) is 5.56. The lowest BCUT2D eigenvalue weighted by molar-refractivity contribution is 0.0301. The third kappa shape index (κ3) is 2.83. The van der Waals surface area contributed by atoms with Gasteiger partial charge < -0.3 is 9.47 Å². The number of methoxy groups -OCH3 is 2. The quantitative estimate of drug-likeness (QED) is 0.825. The second kappa shape index (κ2) is 6.91. The molecular formula is C19H29NO2. The van der Waals surface area contributed by atoms with Gasteiger partial charge in [-0.2, -0.15) is 0 Å². The molecule has 122 valence electrons. The maximum Gasteiger partial charge on any atom is 0.161 e. The Balaban J connectivity index is 1.98. The first-order chi connectivity index (χ1) is 10.8. The van der Waals surface area contributed by atoms with Crippen LogP contribution in [0, 0.1) is 0 Å². The zero-order chi connectivity index (χ0) is 15.4. The van der Waals surface area contributed by atoms with Crippen molar-refractivity contribution in [1.29, 1.82) is 0 Å². The van der Waals surface area contributed by atoms with Crippen molar-refractivity contribution in [3.05, 3.63) is 23.8 Å². The van der Waals surface area contributed by atoms with Crippen molar-refractivity contribution in [1.82, 2.24) is 4.90 Å². The molecule has 0 amide bonds. The normalized spacial score (nSPS) is 22.3. The molecule has 1 aromatic rings. The Morgan fingerprint density at radius 3 is 2.09 bits per heavy atom. The second-order valence-electron chi connectivity index (χ2n) is 6.71. The first kappa shape index (κ1) is 15.7. The lowest BCUT2D eigenvalue weighted by Gasteiger charge is -2.49. The van der Waals surface area contributed by atoms with Crippen LogP contribution in [0.2, 0.25) is 0 Å². The molecular weight excluding hydrogens is 274 g/mol. The first-order valence-electron chi connectivity index (χ1n) is 8.78. The van der Waals surface area contributed by atoms with Crippen LogP contribution in [0.5, 0.6) is 11.5 Å². The van der Waals surface area contributed by atoms with Crippen LogP contribution in [0.15, 0.2) is 18.2 Å². The van der Waals surface area contributed by atoms with Crippen LogP contribution in [0.3, 0.4) is 0 Å².